The third-order valence-corrected chi connectivity index (χ3v) is 6.59. The van der Waals surface area contributed by atoms with Gasteiger partial charge >= 0.3 is 6.09 Å². The fourth-order valence-corrected chi connectivity index (χ4v) is 4.75. The molecule has 2 unspecified atom stereocenters. The molecule has 3 aromatic rings. The fourth-order valence-electron chi connectivity index (χ4n) is 4.75. The van der Waals surface area contributed by atoms with Gasteiger partial charge in [-0.2, -0.15) is 5.10 Å². The highest BCUT2D eigenvalue weighted by Gasteiger charge is 2.33. The maximum atomic E-state index is 15.2. The first-order chi connectivity index (χ1) is 17.4. The van der Waals surface area contributed by atoms with Crippen LogP contribution in [0.1, 0.15) is 19.4 Å². The van der Waals surface area contributed by atoms with E-state index in [4.69, 9.17) is 9.47 Å². The zero-order valence-electron chi connectivity index (χ0n) is 20.2. The molecule has 1 N–H and O–H groups in total. The van der Waals surface area contributed by atoms with Crippen molar-refractivity contribution in [1.82, 2.24) is 15.1 Å². The number of cyclic esters (lactones) is 1. The van der Waals surface area contributed by atoms with Gasteiger partial charge in [0.25, 0.3) is 0 Å². The van der Waals surface area contributed by atoms with Crippen molar-refractivity contribution in [2.75, 3.05) is 43.1 Å². The predicted octanol–water partition coefficient (Wildman–Crippen LogP) is 3.61. The number of amides is 2. The van der Waals surface area contributed by atoms with E-state index >= 15 is 4.39 Å². The van der Waals surface area contributed by atoms with Gasteiger partial charge in [-0.3, -0.25) is 14.4 Å². The Labute approximate surface area is 208 Å². The highest BCUT2D eigenvalue weighted by Crippen LogP contribution is 2.34. The van der Waals surface area contributed by atoms with Crippen molar-refractivity contribution in [2.45, 2.75) is 25.5 Å². The van der Waals surface area contributed by atoms with E-state index in [0.29, 0.717) is 24.5 Å². The number of aromatic nitrogens is 2. The summed E-state index contributed by atoms with van der Waals surface area (Å²) in [6.07, 6.45) is 3.63. The SMILES string of the molecule is COc1ccccc1-c1cnn(C2CCN(c3ccc(N4CC(CNC(C)=O)OC4=O)cc3F)C2)c1. The number of carbonyl (C=O) groups is 2. The molecule has 2 fully saturated rings. The Morgan fingerprint density at radius 3 is 2.86 bits per heavy atom. The van der Waals surface area contributed by atoms with E-state index in [0.717, 1.165) is 23.3 Å². The number of hydrogen-bond acceptors (Lipinski definition) is 6. The lowest BCUT2D eigenvalue weighted by Gasteiger charge is -2.21. The number of nitrogens with one attached hydrogen (secondary N) is 1. The van der Waals surface area contributed by atoms with Gasteiger partial charge in [0, 0.05) is 37.3 Å². The smallest absolute Gasteiger partial charge is 0.414 e. The van der Waals surface area contributed by atoms with Gasteiger partial charge in [-0.05, 0) is 30.7 Å². The second-order valence-corrected chi connectivity index (χ2v) is 8.99. The number of hydrogen-bond donors (Lipinski definition) is 1. The van der Waals surface area contributed by atoms with Gasteiger partial charge in [-0.1, -0.05) is 18.2 Å². The van der Waals surface area contributed by atoms with Gasteiger partial charge in [-0.15, -0.1) is 0 Å². The van der Waals surface area contributed by atoms with Crippen molar-refractivity contribution < 1.29 is 23.5 Å². The first-order valence-corrected chi connectivity index (χ1v) is 11.9. The summed E-state index contributed by atoms with van der Waals surface area (Å²) < 4.78 is 27.8. The first kappa shape index (κ1) is 23.7. The largest absolute Gasteiger partial charge is 0.496 e. The zero-order chi connectivity index (χ0) is 25.2. The molecule has 10 heteroatoms. The van der Waals surface area contributed by atoms with Crippen molar-refractivity contribution >= 4 is 23.4 Å². The molecular formula is C26H28FN5O4. The van der Waals surface area contributed by atoms with Crippen molar-refractivity contribution in [2.24, 2.45) is 0 Å². The molecule has 188 valence electrons. The van der Waals surface area contributed by atoms with Gasteiger partial charge in [0.05, 0.1) is 43.8 Å². The maximum absolute atomic E-state index is 15.2. The van der Waals surface area contributed by atoms with E-state index in [1.807, 2.05) is 46.2 Å². The molecule has 3 heterocycles. The average Bonchev–Trinajstić information content (AvgIpc) is 3.62. The molecule has 2 aromatic carbocycles. The topological polar surface area (TPSA) is 88.9 Å². The number of benzene rings is 2. The minimum absolute atomic E-state index is 0.107. The van der Waals surface area contributed by atoms with E-state index in [1.54, 1.807) is 19.2 Å². The zero-order valence-corrected chi connectivity index (χ0v) is 20.2. The van der Waals surface area contributed by atoms with Crippen molar-refractivity contribution in [3.63, 3.8) is 0 Å². The highest BCUT2D eigenvalue weighted by molar-refractivity contribution is 5.90. The molecule has 0 spiro atoms. The summed E-state index contributed by atoms with van der Waals surface area (Å²) in [5, 5.41) is 7.20. The molecule has 0 radical (unpaired) electrons. The molecule has 0 saturated carbocycles. The third-order valence-electron chi connectivity index (χ3n) is 6.59. The summed E-state index contributed by atoms with van der Waals surface area (Å²) in [6, 6.07) is 12.7. The van der Waals surface area contributed by atoms with Crippen LogP contribution in [0.3, 0.4) is 0 Å². The Morgan fingerprint density at radius 1 is 1.25 bits per heavy atom. The van der Waals surface area contributed by atoms with E-state index in [1.165, 1.54) is 17.9 Å². The monoisotopic (exact) mass is 493 g/mol. The molecule has 0 aliphatic carbocycles. The van der Waals surface area contributed by atoms with Crippen LogP contribution in [0, 0.1) is 5.82 Å². The lowest BCUT2D eigenvalue weighted by Crippen LogP contribution is -2.33. The minimum Gasteiger partial charge on any atom is -0.496 e. The minimum atomic E-state index is -0.553. The third kappa shape index (κ3) is 4.71. The average molecular weight is 494 g/mol. The highest BCUT2D eigenvalue weighted by atomic mass is 19.1. The van der Waals surface area contributed by atoms with E-state index in [9.17, 15) is 9.59 Å². The number of rotatable bonds is 7. The number of halogens is 1. The number of nitrogens with zero attached hydrogens (tertiary/aromatic N) is 4. The summed E-state index contributed by atoms with van der Waals surface area (Å²) in [6.45, 7) is 3.18. The lowest BCUT2D eigenvalue weighted by molar-refractivity contribution is -0.119. The van der Waals surface area contributed by atoms with Gasteiger partial charge in [0.2, 0.25) is 5.91 Å². The molecule has 0 bridgehead atoms. The van der Waals surface area contributed by atoms with Gasteiger partial charge in [0.15, 0.2) is 0 Å². The summed E-state index contributed by atoms with van der Waals surface area (Å²) in [4.78, 5) is 26.8. The van der Waals surface area contributed by atoms with Crippen LogP contribution in [0.5, 0.6) is 5.75 Å². The Morgan fingerprint density at radius 2 is 2.08 bits per heavy atom. The maximum Gasteiger partial charge on any atom is 0.414 e. The van der Waals surface area contributed by atoms with Crippen molar-refractivity contribution in [1.29, 1.82) is 0 Å². The number of carbonyl (C=O) groups excluding carboxylic acids is 2. The van der Waals surface area contributed by atoms with E-state index in [2.05, 4.69) is 10.4 Å². The quantitative estimate of drug-likeness (QED) is 0.541. The Hall–Kier alpha value is -4.08. The van der Waals surface area contributed by atoms with Crippen LogP contribution in [0.2, 0.25) is 0 Å². The van der Waals surface area contributed by atoms with Crippen LogP contribution in [-0.4, -0.2) is 61.2 Å². The Balaban J connectivity index is 1.26. The number of para-hydroxylation sites is 1. The number of methoxy groups -OCH3 is 1. The Kier molecular flexibility index (Phi) is 6.49. The van der Waals surface area contributed by atoms with Crippen LogP contribution in [-0.2, 0) is 9.53 Å². The fraction of sp³-hybridized carbons (Fsp3) is 0.346. The molecular weight excluding hydrogens is 465 g/mol. The molecule has 36 heavy (non-hydrogen) atoms. The summed E-state index contributed by atoms with van der Waals surface area (Å²) >= 11 is 0. The lowest BCUT2D eigenvalue weighted by atomic mass is 10.1. The van der Waals surface area contributed by atoms with Crippen LogP contribution in [0.15, 0.2) is 54.9 Å². The molecule has 2 atom stereocenters. The van der Waals surface area contributed by atoms with Gasteiger partial charge in [-0.25, -0.2) is 9.18 Å². The van der Waals surface area contributed by atoms with E-state index in [-0.39, 0.29) is 25.0 Å². The molecule has 2 saturated heterocycles. The summed E-state index contributed by atoms with van der Waals surface area (Å²) in [5.74, 6) is 0.187. The number of ether oxygens (including phenoxy) is 2. The standard InChI is InChI=1S/C26H28FN5O4/c1-17(33)28-13-21-16-31(26(34)36-21)19-7-8-24(23(27)11-19)30-10-9-20(15-30)32-14-18(12-29-32)22-5-3-4-6-25(22)35-2/h3-8,11-12,14,20-21H,9-10,13,15-16H2,1-2H3,(H,28,33). The van der Waals surface area contributed by atoms with Crippen LogP contribution in [0.4, 0.5) is 20.6 Å². The van der Waals surface area contributed by atoms with Gasteiger partial charge in [0.1, 0.15) is 17.7 Å². The van der Waals surface area contributed by atoms with Crippen molar-refractivity contribution in [3.05, 3.63) is 60.7 Å². The molecule has 2 aliphatic rings. The molecule has 9 nitrogen and oxygen atoms in total. The normalized spacial score (nSPS) is 19.5. The molecule has 1 aromatic heterocycles. The molecule has 2 amide bonds. The van der Waals surface area contributed by atoms with E-state index < -0.39 is 18.0 Å². The predicted molar refractivity (Wildman–Crippen MR) is 133 cm³/mol. The molecule has 5 rings (SSSR count). The number of anilines is 2. The van der Waals surface area contributed by atoms with Crippen LogP contribution < -0.4 is 19.9 Å². The summed E-state index contributed by atoms with van der Waals surface area (Å²) in [7, 11) is 1.65. The van der Waals surface area contributed by atoms with Crippen LogP contribution >= 0.6 is 0 Å². The van der Waals surface area contributed by atoms with Crippen LogP contribution in [0.25, 0.3) is 11.1 Å². The van der Waals surface area contributed by atoms with Crippen molar-refractivity contribution in [3.8, 4) is 16.9 Å². The first-order valence-electron chi connectivity index (χ1n) is 11.9. The summed E-state index contributed by atoms with van der Waals surface area (Å²) in [5.41, 5.74) is 2.86. The second kappa shape index (κ2) is 9.88. The Bertz CT molecular complexity index is 1280. The van der Waals surface area contributed by atoms with Gasteiger partial charge < -0.3 is 19.7 Å². The second-order valence-electron chi connectivity index (χ2n) is 8.99. The molecule has 2 aliphatic heterocycles.